The van der Waals surface area contributed by atoms with Crippen molar-refractivity contribution in [3.8, 4) is 0 Å². The fourth-order valence-corrected chi connectivity index (χ4v) is 1.76. The van der Waals surface area contributed by atoms with E-state index in [1.165, 1.54) is 6.07 Å². The molecule has 2 N–H and O–H groups in total. The molecule has 0 unspecified atom stereocenters. The van der Waals surface area contributed by atoms with Gasteiger partial charge in [0.2, 0.25) is 0 Å². The van der Waals surface area contributed by atoms with Crippen molar-refractivity contribution in [3.05, 3.63) is 22.6 Å². The molecule has 0 atom stereocenters. The molecule has 1 aromatic rings. The van der Waals surface area contributed by atoms with Crippen LogP contribution in [-0.4, -0.2) is 43.1 Å². The highest BCUT2D eigenvalue weighted by Gasteiger charge is 2.18. The Morgan fingerprint density at radius 2 is 1.94 bits per heavy atom. The zero-order valence-electron chi connectivity index (χ0n) is 9.44. The van der Waals surface area contributed by atoms with Crippen LogP contribution in [0.25, 0.3) is 0 Å². The molecule has 3 amide bonds. The molecule has 1 fully saturated rings. The summed E-state index contributed by atoms with van der Waals surface area (Å²) in [6.45, 7) is 2.03. The zero-order valence-corrected chi connectivity index (χ0v) is 11.0. The van der Waals surface area contributed by atoms with Gasteiger partial charge < -0.3 is 14.1 Å². The van der Waals surface area contributed by atoms with Gasteiger partial charge in [0.1, 0.15) is 0 Å². The first-order chi connectivity index (χ1) is 8.66. The van der Waals surface area contributed by atoms with Gasteiger partial charge in [-0.1, -0.05) is 0 Å². The summed E-state index contributed by atoms with van der Waals surface area (Å²) in [5, 5.41) is 0. The third kappa shape index (κ3) is 3.23. The third-order valence-corrected chi connectivity index (χ3v) is 2.80. The van der Waals surface area contributed by atoms with Crippen LogP contribution in [0.2, 0.25) is 0 Å². The lowest BCUT2D eigenvalue weighted by Crippen LogP contribution is -2.51. The number of hydrogen-bond acceptors (Lipinski definition) is 4. The first kappa shape index (κ1) is 12.9. The summed E-state index contributed by atoms with van der Waals surface area (Å²) >= 11 is 3.09. The Hall–Kier alpha value is -1.54. The smallest absolute Gasteiger partial charge is 0.336 e. The van der Waals surface area contributed by atoms with Crippen molar-refractivity contribution in [1.29, 1.82) is 0 Å². The Labute approximate surface area is 112 Å². The van der Waals surface area contributed by atoms with Crippen LogP contribution in [-0.2, 0) is 4.74 Å². The molecular formula is C10H12BrN3O4. The minimum absolute atomic E-state index is 0.115. The topological polar surface area (TPSA) is 83.8 Å². The molecule has 98 valence electrons. The lowest BCUT2D eigenvalue weighted by molar-refractivity contribution is 0.0518. The number of carbonyl (C=O) groups excluding carboxylic acids is 2. The predicted molar refractivity (Wildman–Crippen MR) is 64.8 cm³/mol. The molecule has 2 rings (SSSR count). The lowest BCUT2D eigenvalue weighted by atomic mass is 10.4. The third-order valence-electron chi connectivity index (χ3n) is 2.38. The second-order valence-corrected chi connectivity index (χ2v) is 4.37. The first-order valence-corrected chi connectivity index (χ1v) is 6.14. The molecule has 1 saturated heterocycles. The summed E-state index contributed by atoms with van der Waals surface area (Å²) in [5.41, 5.74) is 4.59. The van der Waals surface area contributed by atoms with Crippen LogP contribution in [0.3, 0.4) is 0 Å². The van der Waals surface area contributed by atoms with Gasteiger partial charge in [-0.2, -0.15) is 0 Å². The van der Waals surface area contributed by atoms with E-state index in [4.69, 9.17) is 9.15 Å². The second-order valence-electron chi connectivity index (χ2n) is 3.59. The Morgan fingerprint density at radius 1 is 1.22 bits per heavy atom. The summed E-state index contributed by atoms with van der Waals surface area (Å²) in [4.78, 5) is 24.8. The van der Waals surface area contributed by atoms with Gasteiger partial charge in [-0.15, -0.1) is 0 Å². The molecule has 1 aromatic heterocycles. The largest absolute Gasteiger partial charge is 0.444 e. The van der Waals surface area contributed by atoms with E-state index < -0.39 is 5.91 Å². The number of nitrogens with zero attached hydrogens (tertiary/aromatic N) is 1. The molecule has 0 aromatic carbocycles. The van der Waals surface area contributed by atoms with Crippen LogP contribution in [0.15, 0.2) is 21.2 Å². The highest BCUT2D eigenvalue weighted by atomic mass is 79.9. The van der Waals surface area contributed by atoms with Crippen molar-refractivity contribution in [1.82, 2.24) is 15.8 Å². The first-order valence-electron chi connectivity index (χ1n) is 5.35. The summed E-state index contributed by atoms with van der Waals surface area (Å²) in [7, 11) is 0. The average molecular weight is 318 g/mol. The summed E-state index contributed by atoms with van der Waals surface area (Å²) in [6, 6.07) is 2.73. The molecular weight excluding hydrogens is 306 g/mol. The fourth-order valence-electron chi connectivity index (χ4n) is 1.45. The van der Waals surface area contributed by atoms with Crippen molar-refractivity contribution in [2.45, 2.75) is 0 Å². The summed E-state index contributed by atoms with van der Waals surface area (Å²) in [5.74, 6) is -0.397. The van der Waals surface area contributed by atoms with E-state index in [0.29, 0.717) is 31.0 Å². The standard InChI is InChI=1S/C10H12BrN3O4/c11-8-2-1-7(18-8)9(15)12-13-10(16)14-3-5-17-6-4-14/h1-2H,3-6H2,(H,12,15)(H,13,16). The zero-order chi connectivity index (χ0) is 13.0. The van der Waals surface area contributed by atoms with Crippen LogP contribution < -0.4 is 10.9 Å². The van der Waals surface area contributed by atoms with Crippen LogP contribution in [0, 0.1) is 0 Å². The number of hydrogen-bond donors (Lipinski definition) is 2. The summed E-state index contributed by atoms with van der Waals surface area (Å²) in [6.07, 6.45) is 0. The van der Waals surface area contributed by atoms with Crippen LogP contribution >= 0.6 is 15.9 Å². The molecule has 7 nitrogen and oxygen atoms in total. The van der Waals surface area contributed by atoms with Gasteiger partial charge in [0.05, 0.1) is 13.2 Å². The van der Waals surface area contributed by atoms with Gasteiger partial charge in [0.15, 0.2) is 10.4 Å². The Balaban J connectivity index is 1.80. The van der Waals surface area contributed by atoms with E-state index >= 15 is 0 Å². The van der Waals surface area contributed by atoms with Crippen molar-refractivity contribution in [3.63, 3.8) is 0 Å². The Kier molecular flexibility index (Phi) is 4.21. The van der Waals surface area contributed by atoms with E-state index in [9.17, 15) is 9.59 Å². The van der Waals surface area contributed by atoms with E-state index in [1.807, 2.05) is 0 Å². The van der Waals surface area contributed by atoms with Crippen molar-refractivity contribution < 1.29 is 18.7 Å². The number of hydrazine groups is 1. The highest BCUT2D eigenvalue weighted by Crippen LogP contribution is 2.13. The van der Waals surface area contributed by atoms with E-state index in [-0.39, 0.29) is 11.8 Å². The minimum atomic E-state index is -0.512. The molecule has 2 heterocycles. The molecule has 18 heavy (non-hydrogen) atoms. The molecule has 0 aliphatic carbocycles. The van der Waals surface area contributed by atoms with Crippen molar-refractivity contribution in [2.24, 2.45) is 0 Å². The number of rotatable bonds is 1. The molecule has 0 radical (unpaired) electrons. The van der Waals surface area contributed by atoms with Crippen molar-refractivity contribution in [2.75, 3.05) is 26.3 Å². The molecule has 0 bridgehead atoms. The number of ether oxygens (including phenoxy) is 1. The maximum absolute atomic E-state index is 11.6. The quantitative estimate of drug-likeness (QED) is 0.748. The van der Waals surface area contributed by atoms with E-state index in [1.54, 1.807) is 11.0 Å². The van der Waals surface area contributed by atoms with Gasteiger partial charge in [0.25, 0.3) is 0 Å². The molecule has 1 aliphatic heterocycles. The monoisotopic (exact) mass is 317 g/mol. The van der Waals surface area contributed by atoms with Crippen LogP contribution in [0.1, 0.15) is 10.6 Å². The van der Waals surface area contributed by atoms with Gasteiger partial charge in [0, 0.05) is 13.1 Å². The van der Waals surface area contributed by atoms with Crippen LogP contribution in [0.5, 0.6) is 0 Å². The number of carbonyl (C=O) groups is 2. The predicted octanol–water partition coefficient (Wildman–Crippen LogP) is 0.729. The second kappa shape index (κ2) is 5.87. The molecule has 0 saturated carbocycles. The summed E-state index contributed by atoms with van der Waals surface area (Å²) < 4.78 is 10.6. The molecule has 1 aliphatic rings. The number of nitrogens with one attached hydrogen (secondary N) is 2. The Bertz CT molecular complexity index is 442. The molecule has 8 heteroatoms. The van der Waals surface area contributed by atoms with Gasteiger partial charge in [-0.3, -0.25) is 10.2 Å². The van der Waals surface area contributed by atoms with Gasteiger partial charge >= 0.3 is 11.9 Å². The van der Waals surface area contributed by atoms with Crippen LogP contribution in [0.4, 0.5) is 4.79 Å². The maximum atomic E-state index is 11.6. The normalized spacial score (nSPS) is 15.3. The SMILES string of the molecule is O=C(NNC(=O)N1CCOCC1)c1ccc(Br)o1. The number of furan rings is 1. The minimum Gasteiger partial charge on any atom is -0.444 e. The average Bonchev–Trinajstić information content (AvgIpc) is 2.83. The number of urea groups is 1. The van der Waals surface area contributed by atoms with Gasteiger partial charge in [-0.05, 0) is 28.1 Å². The Morgan fingerprint density at radius 3 is 2.56 bits per heavy atom. The van der Waals surface area contributed by atoms with E-state index in [2.05, 4.69) is 26.8 Å². The lowest BCUT2D eigenvalue weighted by Gasteiger charge is -2.26. The maximum Gasteiger partial charge on any atom is 0.336 e. The number of amides is 3. The fraction of sp³-hybridized carbons (Fsp3) is 0.400. The van der Waals surface area contributed by atoms with E-state index in [0.717, 1.165) is 0 Å². The molecule has 0 spiro atoms. The highest BCUT2D eigenvalue weighted by molar-refractivity contribution is 9.10. The van der Waals surface area contributed by atoms with Crippen molar-refractivity contribution >= 4 is 27.9 Å². The number of halogens is 1. The number of morpholine rings is 1. The van der Waals surface area contributed by atoms with Gasteiger partial charge in [-0.25, -0.2) is 10.2 Å².